The van der Waals surface area contributed by atoms with E-state index in [2.05, 4.69) is 18.7 Å². The molecular weight excluding hydrogens is 260 g/mol. The number of anilines is 2. The van der Waals surface area contributed by atoms with Gasteiger partial charge in [-0.25, -0.2) is 4.79 Å². The van der Waals surface area contributed by atoms with E-state index in [1.165, 1.54) is 24.2 Å². The zero-order valence-electron chi connectivity index (χ0n) is 11.9. The Bertz CT molecular complexity index is 458. The molecule has 0 saturated carbocycles. The lowest BCUT2D eigenvalue weighted by Gasteiger charge is -2.37. The van der Waals surface area contributed by atoms with Crippen molar-refractivity contribution in [3.8, 4) is 0 Å². The van der Waals surface area contributed by atoms with Gasteiger partial charge in [0.1, 0.15) is 4.88 Å². The van der Waals surface area contributed by atoms with Gasteiger partial charge in [0.2, 0.25) is 0 Å². The second kappa shape index (κ2) is 5.41. The van der Waals surface area contributed by atoms with Crippen molar-refractivity contribution in [2.75, 3.05) is 30.3 Å². The van der Waals surface area contributed by atoms with Gasteiger partial charge in [-0.05, 0) is 31.2 Å². The Morgan fingerprint density at radius 2 is 2.11 bits per heavy atom. The zero-order chi connectivity index (χ0) is 14.0. The Morgan fingerprint density at radius 1 is 1.47 bits per heavy atom. The van der Waals surface area contributed by atoms with Crippen molar-refractivity contribution in [3.63, 3.8) is 0 Å². The van der Waals surface area contributed by atoms with Crippen molar-refractivity contribution in [1.29, 1.82) is 0 Å². The fourth-order valence-corrected chi connectivity index (χ4v) is 3.26. The number of rotatable bonds is 3. The van der Waals surface area contributed by atoms with Gasteiger partial charge in [-0.2, -0.15) is 0 Å². The van der Waals surface area contributed by atoms with Crippen LogP contribution in [-0.4, -0.2) is 25.7 Å². The summed E-state index contributed by atoms with van der Waals surface area (Å²) in [5, 5.41) is 1.08. The van der Waals surface area contributed by atoms with Crippen molar-refractivity contribution in [1.82, 2.24) is 0 Å². The lowest BCUT2D eigenvalue weighted by atomic mass is 9.83. The number of nitrogens with two attached hydrogens (primary N) is 1. The van der Waals surface area contributed by atoms with Crippen molar-refractivity contribution in [2.24, 2.45) is 5.41 Å². The van der Waals surface area contributed by atoms with Crippen LogP contribution in [0.3, 0.4) is 0 Å². The van der Waals surface area contributed by atoms with Crippen LogP contribution in [-0.2, 0) is 4.74 Å². The zero-order valence-corrected chi connectivity index (χ0v) is 12.7. The van der Waals surface area contributed by atoms with E-state index in [1.54, 1.807) is 6.92 Å². The van der Waals surface area contributed by atoms with Crippen LogP contribution >= 0.6 is 11.3 Å². The molecule has 0 aromatic carbocycles. The summed E-state index contributed by atoms with van der Waals surface area (Å²) in [6, 6.07) is 1.90. The van der Waals surface area contributed by atoms with E-state index >= 15 is 0 Å². The SMILES string of the molecule is CCOC(=O)c1sc(N2CCC(C)(C)CC2)cc1N. The summed E-state index contributed by atoms with van der Waals surface area (Å²) in [6.45, 7) is 8.83. The van der Waals surface area contributed by atoms with E-state index in [1.807, 2.05) is 6.07 Å². The number of nitrogen functional groups attached to an aromatic ring is 1. The highest BCUT2D eigenvalue weighted by molar-refractivity contribution is 7.18. The predicted molar refractivity (Wildman–Crippen MR) is 79.9 cm³/mol. The quantitative estimate of drug-likeness (QED) is 0.865. The molecule has 0 amide bonds. The molecule has 5 heteroatoms. The number of esters is 1. The third-order valence-corrected chi connectivity index (χ3v) is 4.83. The second-order valence-corrected chi connectivity index (χ2v) is 6.77. The number of hydrogen-bond donors (Lipinski definition) is 1. The number of nitrogens with zero attached hydrogens (tertiary/aromatic N) is 1. The Hall–Kier alpha value is -1.23. The monoisotopic (exact) mass is 282 g/mol. The topological polar surface area (TPSA) is 55.6 Å². The molecule has 0 spiro atoms. The predicted octanol–water partition coefficient (Wildman–Crippen LogP) is 3.13. The Balaban J connectivity index is 2.10. The lowest BCUT2D eigenvalue weighted by molar-refractivity contribution is 0.0533. The number of hydrogen-bond acceptors (Lipinski definition) is 5. The van der Waals surface area contributed by atoms with E-state index in [0.29, 0.717) is 22.6 Å². The fourth-order valence-electron chi connectivity index (χ4n) is 2.24. The van der Waals surface area contributed by atoms with Gasteiger partial charge >= 0.3 is 5.97 Å². The maximum atomic E-state index is 11.8. The van der Waals surface area contributed by atoms with Gasteiger partial charge in [-0.15, -0.1) is 11.3 Å². The highest BCUT2D eigenvalue weighted by Crippen LogP contribution is 2.37. The first-order valence-electron chi connectivity index (χ1n) is 6.74. The molecule has 19 heavy (non-hydrogen) atoms. The normalized spacial score (nSPS) is 18.4. The first-order valence-corrected chi connectivity index (χ1v) is 7.56. The van der Waals surface area contributed by atoms with E-state index in [4.69, 9.17) is 10.5 Å². The van der Waals surface area contributed by atoms with Crippen molar-refractivity contribution < 1.29 is 9.53 Å². The van der Waals surface area contributed by atoms with Crippen molar-refractivity contribution in [3.05, 3.63) is 10.9 Å². The molecule has 0 aliphatic carbocycles. The minimum Gasteiger partial charge on any atom is -0.462 e. The molecule has 1 aromatic heterocycles. The van der Waals surface area contributed by atoms with Crippen LogP contribution in [0.25, 0.3) is 0 Å². The molecule has 2 N–H and O–H groups in total. The van der Waals surface area contributed by atoms with Crippen LogP contribution in [0, 0.1) is 5.41 Å². The largest absolute Gasteiger partial charge is 0.462 e. The minimum absolute atomic E-state index is 0.311. The molecule has 4 nitrogen and oxygen atoms in total. The lowest BCUT2D eigenvalue weighted by Crippen LogP contribution is -2.36. The van der Waals surface area contributed by atoms with Crippen LogP contribution in [0.4, 0.5) is 10.7 Å². The van der Waals surface area contributed by atoms with Crippen LogP contribution in [0.15, 0.2) is 6.07 Å². The fraction of sp³-hybridized carbons (Fsp3) is 0.643. The van der Waals surface area contributed by atoms with Crippen LogP contribution in [0.2, 0.25) is 0 Å². The molecule has 2 heterocycles. The van der Waals surface area contributed by atoms with Crippen molar-refractivity contribution in [2.45, 2.75) is 33.6 Å². The number of ether oxygens (including phenoxy) is 1. The Morgan fingerprint density at radius 3 is 2.68 bits per heavy atom. The molecule has 0 atom stereocenters. The van der Waals surface area contributed by atoms with Crippen LogP contribution in [0.1, 0.15) is 43.3 Å². The third-order valence-electron chi connectivity index (χ3n) is 3.64. The average molecular weight is 282 g/mol. The highest BCUT2D eigenvalue weighted by atomic mass is 32.1. The standard InChI is InChI=1S/C14H22N2O2S/c1-4-18-13(17)12-10(15)9-11(19-12)16-7-5-14(2,3)6-8-16/h9H,4-8,15H2,1-3H3. The molecule has 1 aliphatic rings. The van der Waals surface area contributed by atoms with Gasteiger partial charge in [-0.3, -0.25) is 0 Å². The summed E-state index contributed by atoms with van der Waals surface area (Å²) in [6.07, 6.45) is 2.33. The number of piperidine rings is 1. The van der Waals surface area contributed by atoms with Crippen molar-refractivity contribution >= 4 is 28.0 Å². The van der Waals surface area contributed by atoms with Crippen LogP contribution < -0.4 is 10.6 Å². The summed E-state index contributed by atoms with van der Waals surface area (Å²) in [4.78, 5) is 14.6. The van der Waals surface area contributed by atoms with Gasteiger partial charge in [0, 0.05) is 13.1 Å². The van der Waals surface area contributed by atoms with Gasteiger partial charge in [0.15, 0.2) is 0 Å². The molecule has 2 rings (SSSR count). The maximum absolute atomic E-state index is 11.8. The molecule has 1 fully saturated rings. The molecule has 1 saturated heterocycles. The van der Waals surface area contributed by atoms with Crippen LogP contribution in [0.5, 0.6) is 0 Å². The minimum atomic E-state index is -0.311. The molecule has 106 valence electrons. The average Bonchev–Trinajstić information content (AvgIpc) is 2.71. The van der Waals surface area contributed by atoms with E-state index in [0.717, 1.165) is 18.1 Å². The second-order valence-electron chi connectivity index (χ2n) is 5.74. The maximum Gasteiger partial charge on any atom is 0.350 e. The summed E-state index contributed by atoms with van der Waals surface area (Å²) >= 11 is 1.44. The number of carbonyl (C=O) groups is 1. The Kier molecular flexibility index (Phi) is 4.04. The highest BCUT2D eigenvalue weighted by Gasteiger charge is 2.27. The van der Waals surface area contributed by atoms with Gasteiger partial charge in [0.05, 0.1) is 17.3 Å². The molecule has 0 bridgehead atoms. The van der Waals surface area contributed by atoms with Gasteiger partial charge in [-0.1, -0.05) is 13.8 Å². The summed E-state index contributed by atoms with van der Waals surface area (Å²) in [5.74, 6) is -0.311. The number of carbonyl (C=O) groups excluding carboxylic acids is 1. The molecular formula is C14H22N2O2S. The molecule has 1 aliphatic heterocycles. The smallest absolute Gasteiger partial charge is 0.350 e. The summed E-state index contributed by atoms with van der Waals surface area (Å²) in [5.41, 5.74) is 6.87. The molecule has 1 aromatic rings. The summed E-state index contributed by atoms with van der Waals surface area (Å²) < 4.78 is 5.02. The number of thiophene rings is 1. The van der Waals surface area contributed by atoms with E-state index < -0.39 is 0 Å². The molecule has 0 unspecified atom stereocenters. The first-order chi connectivity index (χ1) is 8.93. The van der Waals surface area contributed by atoms with Gasteiger partial charge in [0.25, 0.3) is 0 Å². The van der Waals surface area contributed by atoms with E-state index in [9.17, 15) is 4.79 Å². The Labute approximate surface area is 118 Å². The first kappa shape index (κ1) is 14.2. The van der Waals surface area contributed by atoms with Gasteiger partial charge < -0.3 is 15.4 Å². The molecule has 0 radical (unpaired) electrons. The van der Waals surface area contributed by atoms with E-state index in [-0.39, 0.29) is 5.97 Å². The third kappa shape index (κ3) is 3.21. The summed E-state index contributed by atoms with van der Waals surface area (Å²) in [7, 11) is 0.